The van der Waals surface area contributed by atoms with E-state index in [0.717, 1.165) is 37.6 Å². The minimum Gasteiger partial charge on any atom is -0.493 e. The molecule has 23 heavy (non-hydrogen) atoms. The second-order valence-electron chi connectivity index (χ2n) is 6.48. The minimum absolute atomic E-state index is 0.495. The molecule has 130 valence electrons. The highest BCUT2D eigenvalue weighted by molar-refractivity contribution is 5.42. The number of hydrogen-bond acceptors (Lipinski definition) is 4. The summed E-state index contributed by atoms with van der Waals surface area (Å²) in [6.45, 7) is 9.60. The summed E-state index contributed by atoms with van der Waals surface area (Å²) < 4.78 is 11.2. The SMILES string of the molecule is CCCOc1ccc(CNC(C)CN2CCCCC2)cc1OC. The van der Waals surface area contributed by atoms with Crippen molar-refractivity contribution in [3.05, 3.63) is 23.8 Å². The molecule has 1 fully saturated rings. The van der Waals surface area contributed by atoms with Crippen molar-refractivity contribution in [1.29, 1.82) is 0 Å². The van der Waals surface area contributed by atoms with Gasteiger partial charge in [0.15, 0.2) is 11.5 Å². The molecule has 1 saturated heterocycles. The van der Waals surface area contributed by atoms with Crippen LogP contribution in [0.5, 0.6) is 11.5 Å². The van der Waals surface area contributed by atoms with Gasteiger partial charge in [0.25, 0.3) is 0 Å². The Balaban J connectivity index is 1.82. The highest BCUT2D eigenvalue weighted by Crippen LogP contribution is 2.28. The number of ether oxygens (including phenoxy) is 2. The van der Waals surface area contributed by atoms with Gasteiger partial charge in [-0.1, -0.05) is 19.4 Å². The summed E-state index contributed by atoms with van der Waals surface area (Å²) in [5, 5.41) is 3.62. The van der Waals surface area contributed by atoms with Crippen molar-refractivity contribution < 1.29 is 9.47 Å². The van der Waals surface area contributed by atoms with Gasteiger partial charge in [-0.2, -0.15) is 0 Å². The first kappa shape index (κ1) is 18.1. The van der Waals surface area contributed by atoms with E-state index in [1.807, 2.05) is 6.07 Å². The Labute approximate surface area is 141 Å². The summed E-state index contributed by atoms with van der Waals surface area (Å²) in [6.07, 6.45) is 5.09. The monoisotopic (exact) mass is 320 g/mol. The van der Waals surface area contributed by atoms with Crippen LogP contribution < -0.4 is 14.8 Å². The Morgan fingerprint density at radius 1 is 1.17 bits per heavy atom. The maximum atomic E-state index is 5.71. The number of likely N-dealkylation sites (tertiary alicyclic amines) is 1. The number of methoxy groups -OCH3 is 1. The normalized spacial score (nSPS) is 17.0. The Kier molecular flexibility index (Phi) is 7.69. The molecular weight excluding hydrogens is 288 g/mol. The first-order chi connectivity index (χ1) is 11.2. The molecule has 2 rings (SSSR count). The second-order valence-corrected chi connectivity index (χ2v) is 6.48. The summed E-state index contributed by atoms with van der Waals surface area (Å²) in [4.78, 5) is 2.57. The van der Waals surface area contributed by atoms with E-state index in [9.17, 15) is 0 Å². The molecule has 0 aliphatic carbocycles. The van der Waals surface area contributed by atoms with E-state index in [4.69, 9.17) is 9.47 Å². The number of rotatable bonds is 9. The molecule has 4 heteroatoms. The van der Waals surface area contributed by atoms with Gasteiger partial charge in [0.1, 0.15) is 0 Å². The van der Waals surface area contributed by atoms with Crippen LogP contribution in [0.4, 0.5) is 0 Å². The van der Waals surface area contributed by atoms with Crippen LogP contribution in [-0.4, -0.2) is 44.3 Å². The molecule has 1 atom stereocenters. The van der Waals surface area contributed by atoms with Gasteiger partial charge in [0.2, 0.25) is 0 Å². The third kappa shape index (κ3) is 6.04. The van der Waals surface area contributed by atoms with Gasteiger partial charge >= 0.3 is 0 Å². The van der Waals surface area contributed by atoms with E-state index < -0.39 is 0 Å². The summed E-state index contributed by atoms with van der Waals surface area (Å²) >= 11 is 0. The van der Waals surface area contributed by atoms with Crippen molar-refractivity contribution in [3.8, 4) is 11.5 Å². The van der Waals surface area contributed by atoms with E-state index in [1.165, 1.54) is 37.9 Å². The highest BCUT2D eigenvalue weighted by Gasteiger charge is 2.13. The first-order valence-electron chi connectivity index (χ1n) is 8.98. The average molecular weight is 320 g/mol. The zero-order chi connectivity index (χ0) is 16.5. The lowest BCUT2D eigenvalue weighted by molar-refractivity contribution is 0.209. The number of hydrogen-bond donors (Lipinski definition) is 1. The van der Waals surface area contributed by atoms with Gasteiger partial charge < -0.3 is 19.7 Å². The van der Waals surface area contributed by atoms with E-state index in [2.05, 4.69) is 36.2 Å². The molecule has 0 radical (unpaired) electrons. The fraction of sp³-hybridized carbons (Fsp3) is 0.684. The van der Waals surface area contributed by atoms with Gasteiger partial charge in [-0.05, 0) is 57.0 Å². The minimum atomic E-state index is 0.495. The van der Waals surface area contributed by atoms with Gasteiger partial charge in [-0.15, -0.1) is 0 Å². The molecule has 1 heterocycles. The van der Waals surface area contributed by atoms with Crippen LogP contribution >= 0.6 is 0 Å². The van der Waals surface area contributed by atoms with Gasteiger partial charge in [-0.3, -0.25) is 0 Å². The maximum Gasteiger partial charge on any atom is 0.161 e. The van der Waals surface area contributed by atoms with Crippen molar-refractivity contribution in [2.45, 2.75) is 52.1 Å². The predicted molar refractivity (Wildman–Crippen MR) is 95.4 cm³/mol. The van der Waals surface area contributed by atoms with Gasteiger partial charge in [0.05, 0.1) is 13.7 Å². The smallest absolute Gasteiger partial charge is 0.161 e. The Bertz CT molecular complexity index is 459. The average Bonchev–Trinajstić information content (AvgIpc) is 2.59. The van der Waals surface area contributed by atoms with E-state index in [1.54, 1.807) is 7.11 Å². The van der Waals surface area contributed by atoms with Crippen LogP contribution in [0, 0.1) is 0 Å². The quantitative estimate of drug-likeness (QED) is 0.755. The fourth-order valence-electron chi connectivity index (χ4n) is 3.04. The maximum absolute atomic E-state index is 5.71. The van der Waals surface area contributed by atoms with Crippen molar-refractivity contribution in [1.82, 2.24) is 10.2 Å². The molecular formula is C19H32N2O2. The van der Waals surface area contributed by atoms with Crippen LogP contribution in [-0.2, 0) is 6.54 Å². The third-order valence-electron chi connectivity index (χ3n) is 4.33. The number of benzene rings is 1. The molecule has 0 amide bonds. The van der Waals surface area contributed by atoms with Crippen molar-refractivity contribution >= 4 is 0 Å². The van der Waals surface area contributed by atoms with Crippen LogP contribution in [0.1, 0.15) is 45.1 Å². The topological polar surface area (TPSA) is 33.7 Å². The lowest BCUT2D eigenvalue weighted by atomic mass is 10.1. The molecule has 1 aromatic carbocycles. The lowest BCUT2D eigenvalue weighted by Crippen LogP contribution is -2.41. The molecule has 0 bridgehead atoms. The Morgan fingerprint density at radius 2 is 1.96 bits per heavy atom. The van der Waals surface area contributed by atoms with Gasteiger partial charge in [0, 0.05) is 19.1 Å². The standard InChI is InChI=1S/C19H32N2O2/c1-4-12-23-18-9-8-17(13-19(18)22-3)14-20-16(2)15-21-10-6-5-7-11-21/h8-9,13,16,20H,4-7,10-12,14-15H2,1-3H3. The van der Waals surface area contributed by atoms with Crippen molar-refractivity contribution in [2.75, 3.05) is 33.4 Å². The van der Waals surface area contributed by atoms with Crippen LogP contribution in [0.25, 0.3) is 0 Å². The van der Waals surface area contributed by atoms with Crippen LogP contribution in [0.2, 0.25) is 0 Å². The second kappa shape index (κ2) is 9.78. The fourth-order valence-corrected chi connectivity index (χ4v) is 3.04. The summed E-state index contributed by atoms with van der Waals surface area (Å²) in [5.41, 5.74) is 1.23. The van der Waals surface area contributed by atoms with E-state index in [-0.39, 0.29) is 0 Å². The Morgan fingerprint density at radius 3 is 2.65 bits per heavy atom. The Hall–Kier alpha value is -1.26. The van der Waals surface area contributed by atoms with Crippen molar-refractivity contribution in [3.63, 3.8) is 0 Å². The molecule has 0 spiro atoms. The molecule has 1 aromatic rings. The molecule has 1 aliphatic heterocycles. The largest absolute Gasteiger partial charge is 0.493 e. The molecule has 1 unspecified atom stereocenters. The van der Waals surface area contributed by atoms with Gasteiger partial charge in [-0.25, -0.2) is 0 Å². The predicted octanol–water partition coefficient (Wildman–Crippen LogP) is 3.45. The molecule has 0 saturated carbocycles. The third-order valence-corrected chi connectivity index (χ3v) is 4.33. The molecule has 0 aromatic heterocycles. The van der Waals surface area contributed by atoms with Crippen molar-refractivity contribution in [2.24, 2.45) is 0 Å². The van der Waals surface area contributed by atoms with E-state index >= 15 is 0 Å². The summed E-state index contributed by atoms with van der Waals surface area (Å²) in [7, 11) is 1.70. The zero-order valence-corrected chi connectivity index (χ0v) is 14.9. The lowest BCUT2D eigenvalue weighted by Gasteiger charge is -2.29. The number of nitrogens with one attached hydrogen (secondary N) is 1. The van der Waals surface area contributed by atoms with Crippen LogP contribution in [0.15, 0.2) is 18.2 Å². The highest BCUT2D eigenvalue weighted by atomic mass is 16.5. The summed E-state index contributed by atoms with van der Waals surface area (Å²) in [6, 6.07) is 6.70. The molecule has 4 nitrogen and oxygen atoms in total. The number of nitrogens with zero attached hydrogens (tertiary/aromatic N) is 1. The molecule has 1 N–H and O–H groups in total. The molecule has 1 aliphatic rings. The van der Waals surface area contributed by atoms with Crippen LogP contribution in [0.3, 0.4) is 0 Å². The number of piperidine rings is 1. The first-order valence-corrected chi connectivity index (χ1v) is 8.98. The van der Waals surface area contributed by atoms with E-state index in [0.29, 0.717) is 6.04 Å². The zero-order valence-electron chi connectivity index (χ0n) is 14.9. The summed E-state index contributed by atoms with van der Waals surface area (Å²) in [5.74, 6) is 1.65.